The first-order valence-electron chi connectivity index (χ1n) is 8.63. The highest BCUT2D eigenvalue weighted by Crippen LogP contribution is 2.29. The summed E-state index contributed by atoms with van der Waals surface area (Å²) in [4.78, 5) is 12.6. The minimum atomic E-state index is -3.56. The first-order valence-corrected chi connectivity index (χ1v) is 11.1. The Morgan fingerprint density at radius 3 is 2.37 bits per heavy atom. The minimum absolute atomic E-state index is 0.148. The summed E-state index contributed by atoms with van der Waals surface area (Å²) in [6.07, 6.45) is 0. The molecule has 0 radical (unpaired) electrons. The second-order valence-electron chi connectivity index (χ2n) is 6.61. The number of carbonyl (C=O) groups excluding carboxylic acids is 1. The van der Waals surface area contributed by atoms with E-state index in [9.17, 15) is 13.2 Å². The third kappa shape index (κ3) is 5.34. The summed E-state index contributed by atoms with van der Waals surface area (Å²) in [5.41, 5.74) is 3.38. The van der Waals surface area contributed by atoms with Crippen LogP contribution in [0.1, 0.15) is 28.9 Å². The van der Waals surface area contributed by atoms with Gasteiger partial charge in [0, 0.05) is 25.0 Å². The molecule has 5 nitrogen and oxygen atoms in total. The van der Waals surface area contributed by atoms with E-state index >= 15 is 0 Å². The van der Waals surface area contributed by atoms with Gasteiger partial charge in [-0.25, -0.2) is 12.7 Å². The monoisotopic (exact) mass is 406 g/mol. The number of thioether (sulfide) groups is 1. The smallest absolute Gasteiger partial charge is 0.242 e. The highest BCUT2D eigenvalue weighted by molar-refractivity contribution is 8.00. The first kappa shape index (κ1) is 21.5. The lowest BCUT2D eigenvalue weighted by molar-refractivity contribution is -0.113. The Morgan fingerprint density at radius 1 is 1.15 bits per heavy atom. The summed E-state index contributed by atoms with van der Waals surface area (Å²) in [6.45, 7) is 5.77. The van der Waals surface area contributed by atoms with Gasteiger partial charge in [-0.1, -0.05) is 30.3 Å². The molecule has 2 rings (SSSR count). The fourth-order valence-electron chi connectivity index (χ4n) is 2.52. The van der Waals surface area contributed by atoms with Gasteiger partial charge in [-0.2, -0.15) is 0 Å². The van der Waals surface area contributed by atoms with Crippen LogP contribution < -0.4 is 5.32 Å². The van der Waals surface area contributed by atoms with E-state index in [1.165, 1.54) is 30.0 Å². The Morgan fingerprint density at radius 2 is 1.78 bits per heavy atom. The van der Waals surface area contributed by atoms with Gasteiger partial charge < -0.3 is 5.32 Å². The Hall–Kier alpha value is -1.83. The van der Waals surface area contributed by atoms with Crippen molar-refractivity contribution in [1.82, 2.24) is 4.31 Å². The number of nitrogens with one attached hydrogen (secondary N) is 1. The minimum Gasteiger partial charge on any atom is -0.325 e. The molecule has 0 aliphatic heterocycles. The standard InChI is InChI=1S/C20H26N2O3S2/c1-14-11-18(27(24,25)22(4)5)12-19(15(14)2)21-20(23)13-26-16(3)17-9-7-6-8-10-17/h6-12,16H,13H2,1-5H3,(H,21,23)/t16-/m0/s1. The van der Waals surface area contributed by atoms with Crippen molar-refractivity contribution in [3.63, 3.8) is 0 Å². The molecule has 7 heteroatoms. The summed E-state index contributed by atoms with van der Waals surface area (Å²) in [5, 5.41) is 3.06. The predicted molar refractivity (Wildman–Crippen MR) is 113 cm³/mol. The van der Waals surface area contributed by atoms with E-state index in [-0.39, 0.29) is 16.1 Å². The molecule has 2 aromatic carbocycles. The zero-order valence-electron chi connectivity index (χ0n) is 16.3. The number of carbonyl (C=O) groups is 1. The Balaban J connectivity index is 2.12. The van der Waals surface area contributed by atoms with Gasteiger partial charge in [0.25, 0.3) is 0 Å². The fraction of sp³-hybridized carbons (Fsp3) is 0.350. The number of sulfonamides is 1. The molecule has 0 bridgehead atoms. The molecule has 0 heterocycles. The van der Waals surface area contributed by atoms with Crippen LogP contribution >= 0.6 is 11.8 Å². The molecule has 146 valence electrons. The highest BCUT2D eigenvalue weighted by Gasteiger charge is 2.20. The normalized spacial score (nSPS) is 12.8. The van der Waals surface area contributed by atoms with Crippen LogP contribution in [0.4, 0.5) is 5.69 Å². The first-order chi connectivity index (χ1) is 12.6. The molecule has 0 unspecified atom stereocenters. The number of hydrogen-bond donors (Lipinski definition) is 1. The van der Waals surface area contributed by atoms with E-state index < -0.39 is 10.0 Å². The molecule has 0 aliphatic rings. The molecule has 0 saturated carbocycles. The quantitative estimate of drug-likeness (QED) is 0.755. The number of nitrogens with zero attached hydrogens (tertiary/aromatic N) is 1. The SMILES string of the molecule is Cc1cc(S(=O)(=O)N(C)C)cc(NC(=O)CS[C@@H](C)c2ccccc2)c1C. The molecule has 1 atom stereocenters. The van der Waals surface area contributed by atoms with Crippen molar-refractivity contribution in [2.75, 3.05) is 25.2 Å². The maximum Gasteiger partial charge on any atom is 0.242 e. The highest BCUT2D eigenvalue weighted by atomic mass is 32.2. The van der Waals surface area contributed by atoms with E-state index in [1.807, 2.05) is 44.2 Å². The van der Waals surface area contributed by atoms with Crippen LogP contribution in [0.3, 0.4) is 0 Å². The Bertz CT molecular complexity index is 910. The van der Waals surface area contributed by atoms with Crippen molar-refractivity contribution in [2.45, 2.75) is 30.9 Å². The van der Waals surface area contributed by atoms with Crippen LogP contribution in [0.2, 0.25) is 0 Å². The van der Waals surface area contributed by atoms with Gasteiger partial charge in [0.2, 0.25) is 15.9 Å². The topological polar surface area (TPSA) is 66.5 Å². The second kappa shape index (κ2) is 8.91. The Labute approximate surface area is 166 Å². The van der Waals surface area contributed by atoms with Crippen molar-refractivity contribution in [3.8, 4) is 0 Å². The molecular formula is C20H26N2O3S2. The third-order valence-corrected chi connectivity index (χ3v) is 7.42. The number of hydrogen-bond acceptors (Lipinski definition) is 4. The Kier molecular flexibility index (Phi) is 7.08. The van der Waals surface area contributed by atoms with Gasteiger partial charge in [0.1, 0.15) is 0 Å². The van der Waals surface area contributed by atoms with Crippen LogP contribution in [0, 0.1) is 13.8 Å². The average Bonchev–Trinajstić information content (AvgIpc) is 2.63. The molecule has 0 aromatic heterocycles. The maximum absolute atomic E-state index is 12.4. The lowest BCUT2D eigenvalue weighted by atomic mass is 10.1. The van der Waals surface area contributed by atoms with Crippen LogP contribution in [-0.4, -0.2) is 38.5 Å². The molecule has 2 aromatic rings. The average molecular weight is 407 g/mol. The molecule has 1 N–H and O–H groups in total. The van der Waals surface area contributed by atoms with Gasteiger partial charge >= 0.3 is 0 Å². The summed E-state index contributed by atoms with van der Waals surface area (Å²) in [7, 11) is -0.578. The van der Waals surface area contributed by atoms with Crippen LogP contribution in [0.25, 0.3) is 0 Å². The van der Waals surface area contributed by atoms with Crippen molar-refractivity contribution in [2.24, 2.45) is 0 Å². The molecule has 0 saturated heterocycles. The molecular weight excluding hydrogens is 380 g/mol. The molecule has 0 spiro atoms. The largest absolute Gasteiger partial charge is 0.325 e. The van der Waals surface area contributed by atoms with Crippen molar-refractivity contribution < 1.29 is 13.2 Å². The van der Waals surface area contributed by atoms with Gasteiger partial charge in [-0.3, -0.25) is 4.79 Å². The molecule has 0 aliphatic carbocycles. The number of anilines is 1. The summed E-state index contributed by atoms with van der Waals surface area (Å²) in [5.74, 6) is 0.142. The summed E-state index contributed by atoms with van der Waals surface area (Å²) < 4.78 is 26.0. The van der Waals surface area contributed by atoms with E-state index in [1.54, 1.807) is 17.8 Å². The van der Waals surface area contributed by atoms with E-state index in [2.05, 4.69) is 12.2 Å². The van der Waals surface area contributed by atoms with Crippen LogP contribution in [-0.2, 0) is 14.8 Å². The maximum atomic E-state index is 12.4. The molecule has 0 fully saturated rings. The third-order valence-electron chi connectivity index (χ3n) is 4.43. The number of amides is 1. The zero-order valence-corrected chi connectivity index (χ0v) is 17.9. The van der Waals surface area contributed by atoms with Crippen LogP contribution in [0.5, 0.6) is 0 Å². The number of aryl methyl sites for hydroxylation is 1. The predicted octanol–water partition coefficient (Wildman–Crippen LogP) is 3.99. The van der Waals surface area contributed by atoms with Gasteiger partial charge in [0.15, 0.2) is 0 Å². The van der Waals surface area contributed by atoms with Gasteiger partial charge in [0.05, 0.1) is 10.6 Å². The molecule has 1 amide bonds. The van der Waals surface area contributed by atoms with Crippen molar-refractivity contribution in [1.29, 1.82) is 0 Å². The van der Waals surface area contributed by atoms with E-state index in [0.717, 1.165) is 11.1 Å². The van der Waals surface area contributed by atoms with Crippen molar-refractivity contribution >= 4 is 33.4 Å². The van der Waals surface area contributed by atoms with E-state index in [4.69, 9.17) is 0 Å². The number of benzene rings is 2. The molecule has 27 heavy (non-hydrogen) atoms. The summed E-state index contributed by atoms with van der Waals surface area (Å²) >= 11 is 1.54. The second-order valence-corrected chi connectivity index (χ2v) is 10.1. The zero-order chi connectivity index (χ0) is 20.2. The number of rotatable bonds is 7. The van der Waals surface area contributed by atoms with Crippen molar-refractivity contribution in [3.05, 3.63) is 59.2 Å². The fourth-order valence-corrected chi connectivity index (χ4v) is 4.36. The van der Waals surface area contributed by atoms with E-state index in [0.29, 0.717) is 11.4 Å². The van der Waals surface area contributed by atoms with Crippen LogP contribution in [0.15, 0.2) is 47.4 Å². The summed E-state index contributed by atoms with van der Waals surface area (Å²) in [6, 6.07) is 13.2. The van der Waals surface area contributed by atoms with Gasteiger partial charge in [-0.15, -0.1) is 11.8 Å². The van der Waals surface area contributed by atoms with Gasteiger partial charge in [-0.05, 0) is 49.6 Å². The lowest BCUT2D eigenvalue weighted by Gasteiger charge is -2.17. The lowest BCUT2D eigenvalue weighted by Crippen LogP contribution is -2.23.